The second-order valence-corrected chi connectivity index (χ2v) is 7.33. The molecule has 2 saturated carbocycles. The summed E-state index contributed by atoms with van der Waals surface area (Å²) in [4.78, 5) is 0. The number of hydrogen-bond donors (Lipinski definition) is 1. The zero-order valence-corrected chi connectivity index (χ0v) is 14.4. The Morgan fingerprint density at radius 2 is 1.75 bits per heavy atom. The van der Waals surface area contributed by atoms with Crippen LogP contribution in [0.1, 0.15) is 73.1 Å². The molecule has 0 saturated heterocycles. The molecule has 2 aliphatic rings. The molecule has 2 rings (SSSR count). The van der Waals surface area contributed by atoms with Crippen molar-refractivity contribution in [2.24, 2.45) is 23.0 Å². The largest absolute Gasteiger partial charge is 0.325 e. The minimum Gasteiger partial charge on any atom is -0.325 e. The van der Waals surface area contributed by atoms with Crippen molar-refractivity contribution in [3.05, 3.63) is 24.3 Å². The van der Waals surface area contributed by atoms with Gasteiger partial charge in [0.25, 0.3) is 0 Å². The summed E-state index contributed by atoms with van der Waals surface area (Å²) in [7, 11) is 0. The van der Waals surface area contributed by atoms with Gasteiger partial charge in [0.15, 0.2) is 0 Å². The summed E-state index contributed by atoms with van der Waals surface area (Å²) >= 11 is 0. The summed E-state index contributed by atoms with van der Waals surface area (Å²) in [6.45, 7) is 19.6. The van der Waals surface area contributed by atoms with E-state index in [1.807, 2.05) is 13.8 Å². The van der Waals surface area contributed by atoms with Gasteiger partial charge in [-0.1, -0.05) is 52.0 Å². The number of nitrogens with two attached hydrogens (primary N) is 1. The highest BCUT2D eigenvalue weighted by molar-refractivity contribution is 5.20. The van der Waals surface area contributed by atoms with E-state index >= 15 is 0 Å². The number of allylic oxidation sites excluding steroid dienone is 1. The molecule has 1 heteroatoms. The van der Waals surface area contributed by atoms with Gasteiger partial charge < -0.3 is 5.73 Å². The third-order valence-corrected chi connectivity index (χ3v) is 5.89. The van der Waals surface area contributed by atoms with Crippen molar-refractivity contribution in [2.45, 2.75) is 78.7 Å². The van der Waals surface area contributed by atoms with Gasteiger partial charge in [-0.15, -0.1) is 0 Å². The van der Waals surface area contributed by atoms with Crippen molar-refractivity contribution in [3.8, 4) is 0 Å². The summed E-state index contributed by atoms with van der Waals surface area (Å²) in [5, 5.41) is 0. The molecule has 4 atom stereocenters. The fourth-order valence-electron chi connectivity index (χ4n) is 3.93. The molecular weight excluding hydrogens is 242 g/mol. The average molecular weight is 277 g/mol. The first-order chi connectivity index (χ1) is 9.25. The molecule has 0 bridgehead atoms. The van der Waals surface area contributed by atoms with Crippen molar-refractivity contribution in [1.29, 1.82) is 0 Å². The third kappa shape index (κ3) is 3.36. The van der Waals surface area contributed by atoms with Crippen molar-refractivity contribution >= 4 is 0 Å². The van der Waals surface area contributed by atoms with E-state index in [0.29, 0.717) is 11.3 Å². The van der Waals surface area contributed by atoms with Gasteiger partial charge in [0.05, 0.1) is 0 Å². The predicted octanol–water partition coefficient (Wildman–Crippen LogP) is 5.47. The minimum absolute atomic E-state index is 0.0899. The summed E-state index contributed by atoms with van der Waals surface area (Å²) in [6.07, 6.45) is 7.10. The number of rotatable bonds is 0. The molecule has 0 heterocycles. The third-order valence-electron chi connectivity index (χ3n) is 5.89. The molecule has 20 heavy (non-hydrogen) atoms. The Balaban J connectivity index is 0.000000956. The van der Waals surface area contributed by atoms with Crippen LogP contribution in [0, 0.1) is 17.3 Å². The number of fused-ring (bicyclic) bond motifs is 1. The highest BCUT2D eigenvalue weighted by Gasteiger charge is 2.43. The summed E-state index contributed by atoms with van der Waals surface area (Å²) < 4.78 is 0. The molecule has 2 N–H and O–H groups in total. The van der Waals surface area contributed by atoms with Crippen LogP contribution in [0.4, 0.5) is 0 Å². The molecule has 1 nitrogen and oxygen atoms in total. The fraction of sp³-hybridized carbons (Fsp3) is 0.789. The maximum atomic E-state index is 6.50. The minimum atomic E-state index is -0.0899. The van der Waals surface area contributed by atoms with Gasteiger partial charge in [-0.3, -0.25) is 0 Å². The molecule has 2 fully saturated rings. The van der Waals surface area contributed by atoms with E-state index < -0.39 is 0 Å². The van der Waals surface area contributed by atoms with Crippen molar-refractivity contribution in [3.63, 3.8) is 0 Å². The lowest BCUT2D eigenvalue weighted by Crippen LogP contribution is -2.43. The van der Waals surface area contributed by atoms with Gasteiger partial charge in [0.2, 0.25) is 0 Å². The van der Waals surface area contributed by atoms with Crippen molar-refractivity contribution in [2.75, 3.05) is 0 Å². The Morgan fingerprint density at radius 3 is 2.35 bits per heavy atom. The molecule has 0 aromatic rings. The van der Waals surface area contributed by atoms with Crippen LogP contribution < -0.4 is 5.73 Å². The lowest BCUT2D eigenvalue weighted by molar-refractivity contribution is 0.223. The van der Waals surface area contributed by atoms with Crippen LogP contribution in [-0.4, -0.2) is 5.54 Å². The average Bonchev–Trinajstić information content (AvgIpc) is 2.66. The second kappa shape index (κ2) is 6.47. The van der Waals surface area contributed by atoms with Crippen molar-refractivity contribution < 1.29 is 0 Å². The molecule has 0 aromatic heterocycles. The second-order valence-electron chi connectivity index (χ2n) is 7.33. The SMILES string of the molecule is C=C1CC2CCC(=C)C2(C)CCC(C)C(C)(N)C1.CC. The Hall–Kier alpha value is -0.560. The molecular formula is C19H35N. The maximum Gasteiger partial charge on any atom is 0.0189 e. The van der Waals surface area contributed by atoms with E-state index in [0.717, 1.165) is 18.8 Å². The lowest BCUT2D eigenvalue weighted by atomic mass is 9.71. The van der Waals surface area contributed by atoms with Crippen LogP contribution in [0.5, 0.6) is 0 Å². The van der Waals surface area contributed by atoms with E-state index in [9.17, 15) is 0 Å². The zero-order valence-electron chi connectivity index (χ0n) is 14.4. The Bertz CT molecular complexity index is 366. The summed E-state index contributed by atoms with van der Waals surface area (Å²) in [5.41, 5.74) is 9.55. The van der Waals surface area contributed by atoms with Crippen LogP contribution in [0.15, 0.2) is 24.3 Å². The summed E-state index contributed by atoms with van der Waals surface area (Å²) in [6, 6.07) is 0. The van der Waals surface area contributed by atoms with Gasteiger partial charge in [0.1, 0.15) is 0 Å². The van der Waals surface area contributed by atoms with Gasteiger partial charge in [-0.25, -0.2) is 0 Å². The molecule has 0 spiro atoms. The van der Waals surface area contributed by atoms with Gasteiger partial charge in [-0.2, -0.15) is 0 Å². The Kier molecular flexibility index (Phi) is 5.66. The smallest absolute Gasteiger partial charge is 0.0189 e. The Morgan fingerprint density at radius 1 is 1.15 bits per heavy atom. The molecule has 0 aromatic carbocycles. The zero-order chi connectivity index (χ0) is 15.6. The van der Waals surface area contributed by atoms with E-state index in [-0.39, 0.29) is 5.54 Å². The van der Waals surface area contributed by atoms with Gasteiger partial charge in [-0.05, 0) is 62.7 Å². The highest BCUT2D eigenvalue weighted by atomic mass is 14.7. The van der Waals surface area contributed by atoms with E-state index in [1.54, 1.807) is 0 Å². The fourth-order valence-corrected chi connectivity index (χ4v) is 3.93. The van der Waals surface area contributed by atoms with Crippen molar-refractivity contribution in [1.82, 2.24) is 0 Å². The molecule has 116 valence electrons. The molecule has 0 aliphatic heterocycles. The van der Waals surface area contributed by atoms with Gasteiger partial charge in [0, 0.05) is 5.54 Å². The van der Waals surface area contributed by atoms with Crippen LogP contribution in [0.25, 0.3) is 0 Å². The van der Waals surface area contributed by atoms with Crippen LogP contribution in [0.2, 0.25) is 0 Å². The van der Waals surface area contributed by atoms with Gasteiger partial charge >= 0.3 is 0 Å². The quantitative estimate of drug-likeness (QED) is 0.584. The molecule has 0 radical (unpaired) electrons. The molecule has 0 amide bonds. The normalized spacial score (nSPS) is 41.9. The lowest BCUT2D eigenvalue weighted by Gasteiger charge is -2.34. The first-order valence-corrected chi connectivity index (χ1v) is 8.39. The Labute approximate surface area is 126 Å². The topological polar surface area (TPSA) is 26.0 Å². The molecule has 2 aliphatic carbocycles. The summed E-state index contributed by atoms with van der Waals surface area (Å²) in [5.74, 6) is 1.30. The van der Waals surface area contributed by atoms with Crippen LogP contribution in [0.3, 0.4) is 0 Å². The van der Waals surface area contributed by atoms with Crippen LogP contribution >= 0.6 is 0 Å². The number of hydrogen-bond acceptors (Lipinski definition) is 1. The van der Waals surface area contributed by atoms with E-state index in [4.69, 9.17) is 5.73 Å². The first-order valence-electron chi connectivity index (χ1n) is 8.39. The first kappa shape index (κ1) is 17.5. The maximum absolute atomic E-state index is 6.50. The monoisotopic (exact) mass is 277 g/mol. The van der Waals surface area contributed by atoms with E-state index in [1.165, 1.54) is 36.8 Å². The standard InChI is InChI=1S/C17H29N.C2H6/c1-12-10-15-7-6-13(2)16(15,4)9-8-14(3)17(5,18)11-12;1-2/h14-15H,1-2,6-11,18H2,3-5H3;1-2H3. The van der Waals surface area contributed by atoms with Crippen LogP contribution in [-0.2, 0) is 0 Å². The molecule has 4 unspecified atom stereocenters. The van der Waals surface area contributed by atoms with E-state index in [2.05, 4.69) is 33.9 Å². The highest BCUT2D eigenvalue weighted by Crippen LogP contribution is 2.53. The predicted molar refractivity (Wildman–Crippen MR) is 90.7 cm³/mol.